The molecule has 0 saturated carbocycles. The normalized spacial score (nSPS) is 17.1. The number of carbonyl (C=O) groups is 1. The molecule has 30 heavy (non-hydrogen) atoms. The lowest BCUT2D eigenvalue weighted by Gasteiger charge is -2.34. The van der Waals surface area contributed by atoms with Crippen molar-refractivity contribution in [3.8, 4) is 5.69 Å². The molecule has 0 radical (unpaired) electrons. The summed E-state index contributed by atoms with van der Waals surface area (Å²) in [6, 6.07) is 9.47. The first-order chi connectivity index (χ1) is 14.5. The number of aromatic nitrogens is 4. The largest absolute Gasteiger partial charge is 0.325 e. The number of carbonyl (C=O) groups excluding carboxylic acids is 1. The average Bonchev–Trinajstić information content (AvgIpc) is 3.28. The Bertz CT molecular complexity index is 1010. The molecule has 156 valence electrons. The van der Waals surface area contributed by atoms with E-state index in [1.807, 2.05) is 57.3 Å². The first-order valence-corrected chi connectivity index (χ1v) is 10.5. The van der Waals surface area contributed by atoms with Crippen molar-refractivity contribution in [3.63, 3.8) is 0 Å². The zero-order chi connectivity index (χ0) is 21.1. The molecule has 1 saturated heterocycles. The zero-order valence-corrected chi connectivity index (χ0v) is 17.8. The van der Waals surface area contributed by atoms with Crippen LogP contribution in [0.4, 0.5) is 5.69 Å². The van der Waals surface area contributed by atoms with Crippen molar-refractivity contribution in [1.82, 2.24) is 24.6 Å². The molecule has 0 aliphatic carbocycles. The van der Waals surface area contributed by atoms with E-state index in [-0.39, 0.29) is 11.9 Å². The van der Waals surface area contributed by atoms with Crippen LogP contribution < -0.4 is 5.32 Å². The molecule has 3 aromatic rings. The van der Waals surface area contributed by atoms with Gasteiger partial charge in [-0.05, 0) is 70.5 Å². The van der Waals surface area contributed by atoms with Crippen molar-refractivity contribution in [2.24, 2.45) is 0 Å². The van der Waals surface area contributed by atoms with Gasteiger partial charge in [0.1, 0.15) is 0 Å². The van der Waals surface area contributed by atoms with Gasteiger partial charge in [0, 0.05) is 24.6 Å². The number of hydrogen-bond acceptors (Lipinski definition) is 5. The summed E-state index contributed by atoms with van der Waals surface area (Å²) in [7, 11) is 0. The summed E-state index contributed by atoms with van der Waals surface area (Å²) < 4.78 is 1.79. The van der Waals surface area contributed by atoms with E-state index in [1.165, 1.54) is 0 Å². The number of benzene rings is 1. The molecule has 2 aromatic heterocycles. The van der Waals surface area contributed by atoms with Crippen LogP contribution in [0.5, 0.6) is 0 Å². The van der Waals surface area contributed by atoms with Crippen LogP contribution >= 0.6 is 0 Å². The highest BCUT2D eigenvalue weighted by atomic mass is 16.2. The van der Waals surface area contributed by atoms with Gasteiger partial charge in [-0.25, -0.2) is 4.68 Å². The maximum absolute atomic E-state index is 13.1. The highest BCUT2D eigenvalue weighted by Gasteiger charge is 2.29. The fraction of sp³-hybridized carbons (Fsp3) is 0.391. The van der Waals surface area contributed by atoms with E-state index in [4.69, 9.17) is 4.98 Å². The van der Waals surface area contributed by atoms with Crippen LogP contribution in [0.3, 0.4) is 0 Å². The molecule has 0 bridgehead atoms. The maximum atomic E-state index is 13.1. The van der Waals surface area contributed by atoms with Gasteiger partial charge in [0.05, 0.1) is 34.5 Å². The van der Waals surface area contributed by atoms with Crippen LogP contribution in [0, 0.1) is 20.8 Å². The fourth-order valence-corrected chi connectivity index (χ4v) is 3.93. The molecule has 1 aromatic carbocycles. The van der Waals surface area contributed by atoms with Gasteiger partial charge in [0.15, 0.2) is 0 Å². The zero-order valence-electron chi connectivity index (χ0n) is 17.8. The average molecular weight is 405 g/mol. The minimum absolute atomic E-state index is 0.0379. The molecule has 1 aliphatic heterocycles. The summed E-state index contributed by atoms with van der Waals surface area (Å²) in [6.45, 7) is 7.50. The lowest BCUT2D eigenvalue weighted by molar-refractivity contribution is -0.122. The van der Waals surface area contributed by atoms with Gasteiger partial charge in [-0.15, -0.1) is 0 Å². The van der Waals surface area contributed by atoms with Crippen LogP contribution in [0.2, 0.25) is 0 Å². The standard InChI is InChI=1S/C23H28N6O/c1-16-17(2)26-21(18(3)25-16)15-28-13-5-4-7-22(28)23(30)27-19-8-10-20(11-9-19)29-14-6-12-24-29/h6,8-12,14,22H,4-5,7,13,15H2,1-3H3,(H,27,30). The van der Waals surface area contributed by atoms with Crippen molar-refractivity contribution in [3.05, 3.63) is 65.5 Å². The molecule has 1 N–H and O–H groups in total. The fourth-order valence-electron chi connectivity index (χ4n) is 3.93. The molecule has 1 unspecified atom stereocenters. The quantitative estimate of drug-likeness (QED) is 0.703. The number of nitrogens with zero attached hydrogens (tertiary/aromatic N) is 5. The molecular weight excluding hydrogens is 376 g/mol. The topological polar surface area (TPSA) is 75.9 Å². The Morgan fingerprint density at radius 3 is 2.57 bits per heavy atom. The van der Waals surface area contributed by atoms with Crippen LogP contribution in [-0.4, -0.2) is 43.1 Å². The summed E-state index contributed by atoms with van der Waals surface area (Å²) >= 11 is 0. The van der Waals surface area contributed by atoms with Gasteiger partial charge >= 0.3 is 0 Å². The SMILES string of the molecule is Cc1nc(C)c(CN2CCCCC2C(=O)Nc2ccc(-n3cccn3)cc2)nc1C. The van der Waals surface area contributed by atoms with Crippen LogP contribution in [0.1, 0.15) is 42.0 Å². The maximum Gasteiger partial charge on any atom is 0.241 e. The van der Waals surface area contributed by atoms with Gasteiger partial charge in [0.25, 0.3) is 0 Å². The minimum Gasteiger partial charge on any atom is -0.325 e. The van der Waals surface area contributed by atoms with E-state index in [9.17, 15) is 4.79 Å². The summed E-state index contributed by atoms with van der Waals surface area (Å²) in [5.74, 6) is 0.0379. The Morgan fingerprint density at radius 1 is 1.07 bits per heavy atom. The van der Waals surface area contributed by atoms with E-state index in [2.05, 4.69) is 20.3 Å². The number of nitrogens with one attached hydrogen (secondary N) is 1. The van der Waals surface area contributed by atoms with Crippen molar-refractivity contribution in [2.45, 2.75) is 52.6 Å². The Labute approximate surface area is 177 Å². The first kappa shape index (κ1) is 20.2. The number of hydrogen-bond donors (Lipinski definition) is 1. The Balaban J connectivity index is 1.46. The van der Waals surface area contributed by atoms with Crippen molar-refractivity contribution in [1.29, 1.82) is 0 Å². The molecule has 1 aliphatic rings. The number of piperidine rings is 1. The van der Waals surface area contributed by atoms with E-state index < -0.39 is 0 Å². The smallest absolute Gasteiger partial charge is 0.241 e. The number of amides is 1. The molecule has 7 heteroatoms. The van der Waals surface area contributed by atoms with Crippen molar-refractivity contribution >= 4 is 11.6 Å². The minimum atomic E-state index is -0.160. The number of likely N-dealkylation sites (tertiary alicyclic amines) is 1. The monoisotopic (exact) mass is 404 g/mol. The van der Waals surface area contributed by atoms with E-state index in [0.717, 1.165) is 60.0 Å². The molecule has 4 rings (SSSR count). The Morgan fingerprint density at radius 2 is 1.83 bits per heavy atom. The lowest BCUT2D eigenvalue weighted by atomic mass is 10.0. The molecule has 1 fully saturated rings. The first-order valence-electron chi connectivity index (χ1n) is 10.5. The second-order valence-corrected chi connectivity index (χ2v) is 7.90. The lowest BCUT2D eigenvalue weighted by Crippen LogP contribution is -2.46. The van der Waals surface area contributed by atoms with E-state index in [0.29, 0.717) is 6.54 Å². The number of anilines is 1. The summed E-state index contributed by atoms with van der Waals surface area (Å²) in [4.78, 5) is 24.7. The molecule has 1 atom stereocenters. The molecule has 0 spiro atoms. The van der Waals surface area contributed by atoms with Gasteiger partial charge in [-0.3, -0.25) is 19.7 Å². The van der Waals surface area contributed by atoms with Gasteiger partial charge in [-0.2, -0.15) is 5.10 Å². The van der Waals surface area contributed by atoms with Crippen LogP contribution in [0.25, 0.3) is 5.69 Å². The molecule has 3 heterocycles. The van der Waals surface area contributed by atoms with Gasteiger partial charge < -0.3 is 5.32 Å². The third-order valence-electron chi connectivity index (χ3n) is 5.75. The van der Waals surface area contributed by atoms with Gasteiger partial charge in [0.2, 0.25) is 5.91 Å². The van der Waals surface area contributed by atoms with E-state index >= 15 is 0 Å². The van der Waals surface area contributed by atoms with Gasteiger partial charge in [-0.1, -0.05) is 6.42 Å². The van der Waals surface area contributed by atoms with E-state index in [1.54, 1.807) is 10.9 Å². The van der Waals surface area contributed by atoms with Crippen LogP contribution in [0.15, 0.2) is 42.7 Å². The highest BCUT2D eigenvalue weighted by Crippen LogP contribution is 2.22. The summed E-state index contributed by atoms with van der Waals surface area (Å²) in [5, 5.41) is 7.32. The Kier molecular flexibility index (Phi) is 5.90. The third kappa shape index (κ3) is 4.41. The molecule has 1 amide bonds. The predicted molar refractivity (Wildman–Crippen MR) is 116 cm³/mol. The number of aryl methyl sites for hydroxylation is 3. The summed E-state index contributed by atoms with van der Waals surface area (Å²) in [5.41, 5.74) is 5.57. The molecule has 7 nitrogen and oxygen atoms in total. The Hall–Kier alpha value is -3.06. The number of rotatable bonds is 5. The summed E-state index contributed by atoms with van der Waals surface area (Å²) in [6.07, 6.45) is 6.65. The second kappa shape index (κ2) is 8.75. The predicted octanol–water partition coefficient (Wildman–Crippen LogP) is 3.58. The van der Waals surface area contributed by atoms with Crippen LogP contribution in [-0.2, 0) is 11.3 Å². The second-order valence-electron chi connectivity index (χ2n) is 7.90. The highest BCUT2D eigenvalue weighted by molar-refractivity contribution is 5.95. The van der Waals surface area contributed by atoms with Crippen molar-refractivity contribution in [2.75, 3.05) is 11.9 Å². The van der Waals surface area contributed by atoms with Crippen molar-refractivity contribution < 1.29 is 4.79 Å². The third-order valence-corrected chi connectivity index (χ3v) is 5.75. The molecular formula is C23H28N6O.